The summed E-state index contributed by atoms with van der Waals surface area (Å²) in [6.45, 7) is 1.88. The molecule has 0 radical (unpaired) electrons. The van der Waals surface area contributed by atoms with Crippen LogP contribution in [0.2, 0.25) is 0 Å². The molecule has 0 aromatic heterocycles. The van der Waals surface area contributed by atoms with E-state index < -0.39 is 29.7 Å². The second-order valence-electron chi connectivity index (χ2n) is 9.83. The van der Waals surface area contributed by atoms with Crippen LogP contribution < -0.4 is 11.1 Å². The summed E-state index contributed by atoms with van der Waals surface area (Å²) in [5.74, 6) is -5.40. The van der Waals surface area contributed by atoms with Gasteiger partial charge in [-0.2, -0.15) is 26.3 Å². The van der Waals surface area contributed by atoms with Gasteiger partial charge in [-0.25, -0.2) is 9.59 Å². The number of carbonyl (C=O) groups excluding carboxylic acids is 1. The second kappa shape index (κ2) is 19.5. The van der Waals surface area contributed by atoms with Crippen molar-refractivity contribution in [2.45, 2.75) is 50.9 Å². The SMILES string of the molecule is CN(C)CCNC(=O)C(CN)(CCCc1ccccc1)CCCc1ccccc1.O=C(O)C(F)(F)F.O=C(O)C(F)(F)F. The molecule has 8 nitrogen and oxygen atoms in total. The first kappa shape index (κ1) is 39.4. The van der Waals surface area contributed by atoms with Gasteiger partial charge >= 0.3 is 24.3 Å². The molecule has 2 rings (SSSR count). The van der Waals surface area contributed by atoms with E-state index in [0.717, 1.165) is 45.1 Å². The van der Waals surface area contributed by atoms with Gasteiger partial charge in [0.15, 0.2) is 0 Å². The van der Waals surface area contributed by atoms with E-state index in [2.05, 4.69) is 58.7 Å². The van der Waals surface area contributed by atoms with Gasteiger partial charge in [-0.15, -0.1) is 0 Å². The first-order chi connectivity index (χ1) is 19.9. The van der Waals surface area contributed by atoms with E-state index in [1.165, 1.54) is 11.1 Å². The van der Waals surface area contributed by atoms with Gasteiger partial charge in [-0.1, -0.05) is 60.7 Å². The monoisotopic (exact) mass is 623 g/mol. The first-order valence-corrected chi connectivity index (χ1v) is 13.3. The predicted octanol–water partition coefficient (Wildman–Crippen LogP) is 4.92. The van der Waals surface area contributed by atoms with Crippen molar-refractivity contribution >= 4 is 17.8 Å². The van der Waals surface area contributed by atoms with Crippen LogP contribution in [0.4, 0.5) is 26.3 Å². The number of rotatable bonds is 13. The molecule has 0 aliphatic heterocycles. The van der Waals surface area contributed by atoms with Crippen LogP contribution in [0, 0.1) is 5.41 Å². The number of nitrogens with zero attached hydrogens (tertiary/aromatic N) is 1. The van der Waals surface area contributed by atoms with Gasteiger partial charge in [0, 0.05) is 19.6 Å². The second-order valence-corrected chi connectivity index (χ2v) is 9.83. The number of likely N-dealkylation sites (N-methyl/N-ethyl adjacent to an activating group) is 1. The molecule has 0 bridgehead atoms. The molecule has 0 aliphatic carbocycles. The number of carbonyl (C=O) groups is 3. The van der Waals surface area contributed by atoms with Crippen molar-refractivity contribution in [1.29, 1.82) is 0 Å². The molecule has 2 aromatic carbocycles. The molecule has 14 heteroatoms. The Morgan fingerprint density at radius 2 is 1.09 bits per heavy atom. The average Bonchev–Trinajstić information content (AvgIpc) is 2.92. The standard InChI is InChI=1S/C25H37N3O.2C2HF3O2/c1-28(2)20-19-27-24(29)25(21-26,17-9-15-22-11-5-3-6-12-22)18-10-16-23-13-7-4-8-14-23;2*3-2(4,5)1(6)7/h3-8,11-14H,9-10,15-21,26H2,1-2H3,(H,27,29);2*(H,6,7). The molecule has 242 valence electrons. The number of nitrogens with one attached hydrogen (secondary N) is 1. The number of carboxylic acid groups (broad SMARTS) is 2. The van der Waals surface area contributed by atoms with Crippen molar-refractivity contribution in [3.05, 3.63) is 71.8 Å². The fraction of sp³-hybridized carbons (Fsp3) is 0.483. The lowest BCUT2D eigenvalue weighted by Crippen LogP contribution is -2.47. The fourth-order valence-corrected chi connectivity index (χ4v) is 3.78. The van der Waals surface area contributed by atoms with Crippen LogP contribution >= 0.6 is 0 Å². The maximum absolute atomic E-state index is 13.2. The Kier molecular flexibility index (Phi) is 17.9. The number of hydrogen-bond donors (Lipinski definition) is 4. The molecular formula is C29H39F6N3O5. The van der Waals surface area contributed by atoms with Gasteiger partial charge in [0.1, 0.15) is 0 Å². The molecule has 0 unspecified atom stereocenters. The molecule has 5 N–H and O–H groups in total. The van der Waals surface area contributed by atoms with E-state index in [9.17, 15) is 31.1 Å². The molecule has 43 heavy (non-hydrogen) atoms. The van der Waals surface area contributed by atoms with Crippen molar-refractivity contribution in [3.63, 3.8) is 0 Å². The van der Waals surface area contributed by atoms with E-state index in [0.29, 0.717) is 13.1 Å². The van der Waals surface area contributed by atoms with Crippen LogP contribution in [0.5, 0.6) is 0 Å². The van der Waals surface area contributed by atoms with Crippen LogP contribution in [0.15, 0.2) is 60.7 Å². The van der Waals surface area contributed by atoms with Gasteiger partial charge in [0.25, 0.3) is 0 Å². The largest absolute Gasteiger partial charge is 0.490 e. The summed E-state index contributed by atoms with van der Waals surface area (Å²) in [6.07, 6.45) is -4.64. The molecule has 2 aromatic rings. The Hall–Kier alpha value is -3.65. The van der Waals surface area contributed by atoms with Gasteiger partial charge in [0.05, 0.1) is 5.41 Å². The Balaban J connectivity index is 0.00000104. The highest BCUT2D eigenvalue weighted by Gasteiger charge is 2.39. The summed E-state index contributed by atoms with van der Waals surface area (Å²) in [5.41, 5.74) is 8.37. The number of halogens is 6. The molecule has 0 saturated carbocycles. The average molecular weight is 624 g/mol. The molecule has 0 heterocycles. The van der Waals surface area contributed by atoms with E-state index in [1.807, 2.05) is 26.2 Å². The molecule has 0 fully saturated rings. The molecule has 0 spiro atoms. The maximum Gasteiger partial charge on any atom is 0.490 e. The number of nitrogens with two attached hydrogens (primary N) is 1. The van der Waals surface area contributed by atoms with Crippen LogP contribution in [0.1, 0.15) is 36.8 Å². The smallest absolute Gasteiger partial charge is 0.475 e. The Morgan fingerprint density at radius 3 is 1.37 bits per heavy atom. The van der Waals surface area contributed by atoms with E-state index in [-0.39, 0.29) is 5.91 Å². The summed E-state index contributed by atoms with van der Waals surface area (Å²) in [7, 11) is 4.03. The summed E-state index contributed by atoms with van der Waals surface area (Å²) in [5, 5.41) is 17.4. The normalized spacial score (nSPS) is 11.5. The van der Waals surface area contributed by atoms with Crippen molar-refractivity contribution in [3.8, 4) is 0 Å². The summed E-state index contributed by atoms with van der Waals surface area (Å²) in [6, 6.07) is 20.9. The topological polar surface area (TPSA) is 133 Å². The Bertz CT molecular complexity index is 1010. The van der Waals surface area contributed by atoms with Crippen molar-refractivity contribution in [2.24, 2.45) is 11.1 Å². The minimum atomic E-state index is -5.08. The lowest BCUT2D eigenvalue weighted by Gasteiger charge is -2.32. The van der Waals surface area contributed by atoms with Crippen molar-refractivity contribution in [1.82, 2.24) is 10.2 Å². The number of aryl methyl sites for hydroxylation is 2. The highest BCUT2D eigenvalue weighted by molar-refractivity contribution is 5.82. The summed E-state index contributed by atoms with van der Waals surface area (Å²) >= 11 is 0. The van der Waals surface area contributed by atoms with Gasteiger partial charge in [0.2, 0.25) is 5.91 Å². The molecule has 1 amide bonds. The zero-order valence-electron chi connectivity index (χ0n) is 24.0. The first-order valence-electron chi connectivity index (χ1n) is 13.3. The number of alkyl halides is 6. The Labute approximate surface area is 246 Å². The third-order valence-electron chi connectivity index (χ3n) is 6.13. The van der Waals surface area contributed by atoms with E-state index >= 15 is 0 Å². The quantitative estimate of drug-likeness (QED) is 0.233. The fourth-order valence-electron chi connectivity index (χ4n) is 3.78. The lowest BCUT2D eigenvalue weighted by atomic mass is 9.76. The molecule has 0 aliphatic rings. The summed E-state index contributed by atoms with van der Waals surface area (Å²) in [4.78, 5) is 33.0. The van der Waals surface area contributed by atoms with E-state index in [4.69, 9.17) is 25.5 Å². The van der Waals surface area contributed by atoms with Crippen LogP contribution in [0.25, 0.3) is 0 Å². The minimum absolute atomic E-state index is 0.114. The molecular weight excluding hydrogens is 584 g/mol. The van der Waals surface area contributed by atoms with Gasteiger partial charge < -0.3 is 26.2 Å². The van der Waals surface area contributed by atoms with E-state index in [1.54, 1.807) is 0 Å². The predicted molar refractivity (Wildman–Crippen MR) is 149 cm³/mol. The Morgan fingerprint density at radius 1 is 0.744 bits per heavy atom. The number of hydrogen-bond acceptors (Lipinski definition) is 5. The minimum Gasteiger partial charge on any atom is -0.475 e. The van der Waals surface area contributed by atoms with Crippen LogP contribution in [-0.4, -0.2) is 79.0 Å². The number of carboxylic acids is 2. The van der Waals surface area contributed by atoms with Crippen LogP contribution in [-0.2, 0) is 27.2 Å². The highest BCUT2D eigenvalue weighted by atomic mass is 19.4. The molecule has 0 saturated heterocycles. The third-order valence-corrected chi connectivity index (χ3v) is 6.13. The van der Waals surface area contributed by atoms with Crippen LogP contribution in [0.3, 0.4) is 0 Å². The number of amides is 1. The summed E-state index contributed by atoms with van der Waals surface area (Å²) < 4.78 is 63.5. The molecule has 0 atom stereocenters. The number of aliphatic carboxylic acids is 2. The maximum atomic E-state index is 13.2. The zero-order valence-corrected chi connectivity index (χ0v) is 24.0. The van der Waals surface area contributed by atoms with Crippen molar-refractivity contribution in [2.75, 3.05) is 33.7 Å². The number of benzene rings is 2. The van der Waals surface area contributed by atoms with Gasteiger partial charge in [-0.3, -0.25) is 4.79 Å². The lowest BCUT2D eigenvalue weighted by molar-refractivity contribution is -0.193. The van der Waals surface area contributed by atoms with Gasteiger partial charge in [-0.05, 0) is 63.7 Å². The zero-order chi connectivity index (χ0) is 33.1. The van der Waals surface area contributed by atoms with Crippen molar-refractivity contribution < 1.29 is 50.9 Å². The highest BCUT2D eigenvalue weighted by Crippen LogP contribution is 2.31. The third kappa shape index (κ3) is 17.8.